The Balaban J connectivity index is 1.42. The van der Waals surface area contributed by atoms with Crippen LogP contribution in [0.4, 0.5) is 0 Å². The number of amides is 2. The Labute approximate surface area is 197 Å². The summed E-state index contributed by atoms with van der Waals surface area (Å²) in [7, 11) is 0. The molecule has 3 aromatic carbocycles. The Hall–Kier alpha value is -3.51. The summed E-state index contributed by atoms with van der Waals surface area (Å²) >= 11 is 6.35. The van der Waals surface area contributed by atoms with Crippen molar-refractivity contribution in [1.29, 1.82) is 0 Å². The average molecular weight is 465 g/mol. The quantitative estimate of drug-likeness (QED) is 0.532. The smallest absolute Gasteiger partial charge is 0.251 e. The molecule has 6 nitrogen and oxygen atoms in total. The van der Waals surface area contributed by atoms with E-state index >= 15 is 0 Å². The van der Waals surface area contributed by atoms with Gasteiger partial charge in [-0.05, 0) is 35.4 Å². The van der Waals surface area contributed by atoms with Crippen LogP contribution >= 0.6 is 11.6 Å². The molecule has 0 spiro atoms. The molecular formula is C26H25ClN2O4. The average Bonchev–Trinajstić information content (AvgIpc) is 3.09. The summed E-state index contributed by atoms with van der Waals surface area (Å²) in [6.07, 6.45) is 0.882. The van der Waals surface area contributed by atoms with E-state index in [0.717, 1.165) is 17.5 Å². The summed E-state index contributed by atoms with van der Waals surface area (Å²) in [4.78, 5) is 25.5. The molecule has 0 aliphatic carbocycles. The monoisotopic (exact) mass is 464 g/mol. The maximum atomic E-state index is 12.8. The Kier molecular flexibility index (Phi) is 7.47. The van der Waals surface area contributed by atoms with Crippen LogP contribution in [-0.2, 0) is 11.3 Å². The molecule has 0 saturated heterocycles. The highest BCUT2D eigenvalue weighted by Crippen LogP contribution is 2.38. The molecular weight excluding hydrogens is 440 g/mol. The van der Waals surface area contributed by atoms with E-state index in [0.29, 0.717) is 35.3 Å². The number of carbonyl (C=O) groups is 2. The van der Waals surface area contributed by atoms with Crippen LogP contribution in [0.15, 0.2) is 72.8 Å². The molecule has 0 radical (unpaired) electrons. The van der Waals surface area contributed by atoms with Crippen LogP contribution in [0.2, 0.25) is 5.02 Å². The molecule has 0 saturated carbocycles. The third-order valence-corrected chi connectivity index (χ3v) is 5.57. The lowest BCUT2D eigenvalue weighted by Crippen LogP contribution is -2.33. The first-order valence-electron chi connectivity index (χ1n) is 10.9. The molecule has 0 aromatic heterocycles. The number of carbonyl (C=O) groups excluding carboxylic acids is 2. The first-order chi connectivity index (χ1) is 16.1. The number of halogens is 1. The molecule has 3 aromatic rings. The minimum atomic E-state index is -0.466. The zero-order valence-corrected chi connectivity index (χ0v) is 18.8. The Morgan fingerprint density at radius 1 is 0.939 bits per heavy atom. The highest BCUT2D eigenvalue weighted by Gasteiger charge is 2.20. The zero-order valence-electron chi connectivity index (χ0n) is 18.1. The highest BCUT2D eigenvalue weighted by molar-refractivity contribution is 6.32. The van der Waals surface area contributed by atoms with E-state index in [9.17, 15) is 9.59 Å². The second-order valence-electron chi connectivity index (χ2n) is 7.74. The van der Waals surface area contributed by atoms with Gasteiger partial charge in [-0.1, -0.05) is 60.1 Å². The van der Waals surface area contributed by atoms with Gasteiger partial charge in [-0.15, -0.1) is 0 Å². The maximum Gasteiger partial charge on any atom is 0.251 e. The van der Waals surface area contributed by atoms with Crippen molar-refractivity contribution in [3.05, 3.63) is 94.5 Å². The summed E-state index contributed by atoms with van der Waals surface area (Å²) in [5.74, 6) is 0.700. The predicted molar refractivity (Wildman–Crippen MR) is 127 cm³/mol. The van der Waals surface area contributed by atoms with Gasteiger partial charge >= 0.3 is 0 Å². The van der Waals surface area contributed by atoms with Gasteiger partial charge < -0.3 is 20.1 Å². The van der Waals surface area contributed by atoms with Crippen LogP contribution < -0.4 is 20.1 Å². The van der Waals surface area contributed by atoms with E-state index in [-0.39, 0.29) is 24.8 Å². The van der Waals surface area contributed by atoms with Crippen LogP contribution in [-0.4, -0.2) is 25.0 Å². The van der Waals surface area contributed by atoms with E-state index in [2.05, 4.69) is 10.6 Å². The molecule has 2 amide bonds. The van der Waals surface area contributed by atoms with E-state index in [1.807, 2.05) is 42.5 Å². The van der Waals surface area contributed by atoms with E-state index < -0.39 is 6.04 Å². The second-order valence-corrected chi connectivity index (χ2v) is 8.15. The molecule has 1 aliphatic rings. The minimum absolute atomic E-state index is 0.0981. The molecule has 4 rings (SSSR count). The number of ether oxygens (including phenoxy) is 2. The van der Waals surface area contributed by atoms with Crippen LogP contribution in [0.5, 0.6) is 11.5 Å². The largest absolute Gasteiger partial charge is 0.489 e. The number of hydrogen-bond acceptors (Lipinski definition) is 4. The fraction of sp³-hybridized carbons (Fsp3) is 0.231. The number of hydrogen-bond donors (Lipinski definition) is 2. The predicted octanol–water partition coefficient (Wildman–Crippen LogP) is 4.68. The van der Waals surface area contributed by atoms with E-state index in [1.165, 1.54) is 0 Å². The van der Waals surface area contributed by atoms with Gasteiger partial charge in [-0.2, -0.15) is 0 Å². The summed E-state index contributed by atoms with van der Waals surface area (Å²) in [5, 5.41) is 6.35. The van der Waals surface area contributed by atoms with Gasteiger partial charge in [0, 0.05) is 18.5 Å². The van der Waals surface area contributed by atoms with Crippen molar-refractivity contribution in [3.63, 3.8) is 0 Å². The van der Waals surface area contributed by atoms with Gasteiger partial charge in [0.25, 0.3) is 5.91 Å². The lowest BCUT2D eigenvalue weighted by atomic mass is 10.0. The van der Waals surface area contributed by atoms with Gasteiger partial charge in [0.05, 0.1) is 30.7 Å². The summed E-state index contributed by atoms with van der Waals surface area (Å²) in [6.45, 7) is 1.39. The first-order valence-corrected chi connectivity index (χ1v) is 11.2. The van der Waals surface area contributed by atoms with Crippen LogP contribution in [0.25, 0.3) is 0 Å². The second kappa shape index (κ2) is 10.9. The van der Waals surface area contributed by atoms with Gasteiger partial charge in [0.15, 0.2) is 11.5 Å². The van der Waals surface area contributed by atoms with Gasteiger partial charge in [-0.25, -0.2) is 0 Å². The molecule has 0 bridgehead atoms. The van der Waals surface area contributed by atoms with Gasteiger partial charge in [0.1, 0.15) is 0 Å². The normalized spacial score (nSPS) is 13.5. The van der Waals surface area contributed by atoms with Gasteiger partial charge in [0.2, 0.25) is 5.91 Å². The number of nitrogens with one attached hydrogen (secondary N) is 2. The number of benzene rings is 3. The number of rotatable bonds is 7. The molecule has 1 aliphatic heterocycles. The van der Waals surface area contributed by atoms with Crippen molar-refractivity contribution in [2.24, 2.45) is 0 Å². The third-order valence-electron chi connectivity index (χ3n) is 5.28. The Morgan fingerprint density at radius 2 is 1.64 bits per heavy atom. The Bertz CT molecular complexity index is 1110. The molecule has 33 heavy (non-hydrogen) atoms. The van der Waals surface area contributed by atoms with Crippen molar-refractivity contribution < 1.29 is 19.1 Å². The maximum absolute atomic E-state index is 12.8. The molecule has 0 fully saturated rings. The summed E-state index contributed by atoms with van der Waals surface area (Å²) in [6, 6.07) is 21.5. The van der Waals surface area contributed by atoms with Crippen LogP contribution in [0.1, 0.15) is 40.4 Å². The Morgan fingerprint density at radius 3 is 2.39 bits per heavy atom. The highest BCUT2D eigenvalue weighted by atomic mass is 35.5. The molecule has 170 valence electrons. The van der Waals surface area contributed by atoms with Crippen molar-refractivity contribution in [1.82, 2.24) is 10.6 Å². The van der Waals surface area contributed by atoms with E-state index in [1.54, 1.807) is 30.3 Å². The van der Waals surface area contributed by atoms with Gasteiger partial charge in [-0.3, -0.25) is 9.59 Å². The lowest BCUT2D eigenvalue weighted by Gasteiger charge is -2.19. The molecule has 7 heteroatoms. The molecule has 1 atom stereocenters. The molecule has 2 N–H and O–H groups in total. The van der Waals surface area contributed by atoms with Crippen LogP contribution in [0, 0.1) is 0 Å². The first kappa shape index (κ1) is 22.7. The van der Waals surface area contributed by atoms with E-state index in [4.69, 9.17) is 21.1 Å². The summed E-state index contributed by atoms with van der Waals surface area (Å²) < 4.78 is 11.4. The fourth-order valence-electron chi connectivity index (χ4n) is 3.61. The third kappa shape index (κ3) is 6.05. The lowest BCUT2D eigenvalue weighted by molar-refractivity contribution is -0.121. The molecule has 1 unspecified atom stereocenters. The van der Waals surface area contributed by atoms with Crippen molar-refractivity contribution in [2.45, 2.75) is 25.4 Å². The summed E-state index contributed by atoms with van der Waals surface area (Å²) in [5.41, 5.74) is 2.21. The van der Waals surface area contributed by atoms with Crippen molar-refractivity contribution in [3.8, 4) is 11.5 Å². The minimum Gasteiger partial charge on any atom is -0.489 e. The van der Waals surface area contributed by atoms with Crippen molar-refractivity contribution in [2.75, 3.05) is 13.2 Å². The number of fused-ring (bicyclic) bond motifs is 1. The van der Waals surface area contributed by atoms with Crippen LogP contribution in [0.3, 0.4) is 0 Å². The standard InChI is InChI=1S/C26H25ClN2O4/c27-21-14-18(15-23-25(21)33-13-7-12-32-23)17-28-24(30)16-22(19-8-3-1-4-9-19)29-26(31)20-10-5-2-6-11-20/h1-6,8-11,14-15,22H,7,12-13,16-17H2,(H,28,30)(H,29,31). The fourth-order valence-corrected chi connectivity index (χ4v) is 3.90. The molecule has 1 heterocycles. The SMILES string of the molecule is O=C(CC(NC(=O)c1ccccc1)c1ccccc1)NCc1cc(Cl)c2c(c1)OCCCO2. The zero-order chi connectivity index (χ0) is 23.0. The topological polar surface area (TPSA) is 76.7 Å². The van der Waals surface area contributed by atoms with Crippen molar-refractivity contribution >= 4 is 23.4 Å².